The van der Waals surface area contributed by atoms with Gasteiger partial charge in [0, 0.05) is 25.3 Å². The lowest BCUT2D eigenvalue weighted by Gasteiger charge is -2.25. The van der Waals surface area contributed by atoms with Crippen LogP contribution in [-0.4, -0.2) is 19.6 Å². The Balaban J connectivity index is 2.06. The highest BCUT2D eigenvalue weighted by Gasteiger charge is 2.24. The molecule has 1 fully saturated rings. The first-order chi connectivity index (χ1) is 9.72. The van der Waals surface area contributed by atoms with E-state index in [1.54, 1.807) is 12.1 Å². The summed E-state index contributed by atoms with van der Waals surface area (Å²) in [4.78, 5) is 2.35. The third-order valence-corrected chi connectivity index (χ3v) is 3.73. The van der Waals surface area contributed by atoms with Crippen LogP contribution in [0.5, 0.6) is 0 Å². The van der Waals surface area contributed by atoms with Gasteiger partial charge in [-0.15, -0.1) is 0 Å². The second-order valence-corrected chi connectivity index (χ2v) is 5.88. The normalized spacial score (nSPS) is 14.6. The lowest BCUT2D eigenvalue weighted by Crippen LogP contribution is -2.27. The van der Waals surface area contributed by atoms with Crippen LogP contribution >= 0.6 is 0 Å². The van der Waals surface area contributed by atoms with Gasteiger partial charge in [0.25, 0.3) is 0 Å². The van der Waals surface area contributed by atoms with E-state index < -0.39 is 0 Å². The minimum atomic E-state index is -0.118. The molecule has 1 aromatic rings. The maximum absolute atomic E-state index is 13.8. The van der Waals surface area contributed by atoms with Crippen LogP contribution in [0.4, 0.5) is 10.1 Å². The quantitative estimate of drug-likeness (QED) is 0.688. The van der Waals surface area contributed by atoms with E-state index >= 15 is 0 Å². The number of nitrogens with zero attached hydrogens (tertiary/aromatic N) is 1. The fraction of sp³-hybridized carbons (Fsp3) is 0.647. The van der Waals surface area contributed by atoms with Crippen molar-refractivity contribution >= 4 is 5.69 Å². The Kier molecular flexibility index (Phi) is 5.84. The minimum absolute atomic E-state index is 0.118. The van der Waals surface area contributed by atoms with Crippen LogP contribution in [-0.2, 0) is 6.54 Å². The summed E-state index contributed by atoms with van der Waals surface area (Å²) < 4.78 is 13.8. The first-order valence-corrected chi connectivity index (χ1v) is 7.98. The largest absolute Gasteiger partial charge is 0.371 e. The van der Waals surface area contributed by atoms with E-state index in [0.29, 0.717) is 0 Å². The second-order valence-electron chi connectivity index (χ2n) is 5.88. The van der Waals surface area contributed by atoms with Crippen molar-refractivity contribution in [3.8, 4) is 0 Å². The molecule has 3 heteroatoms. The van der Waals surface area contributed by atoms with Gasteiger partial charge in [-0.25, -0.2) is 4.39 Å². The average Bonchev–Trinajstić information content (AvgIpc) is 3.22. The van der Waals surface area contributed by atoms with Crippen molar-refractivity contribution < 1.29 is 4.39 Å². The van der Waals surface area contributed by atoms with Crippen molar-refractivity contribution in [3.05, 3.63) is 29.6 Å². The van der Waals surface area contributed by atoms with Crippen LogP contribution in [0.1, 0.15) is 45.1 Å². The van der Waals surface area contributed by atoms with Crippen LogP contribution in [0.25, 0.3) is 0 Å². The van der Waals surface area contributed by atoms with Gasteiger partial charge in [-0.1, -0.05) is 13.8 Å². The van der Waals surface area contributed by atoms with Gasteiger partial charge in [-0.2, -0.15) is 0 Å². The van der Waals surface area contributed by atoms with E-state index in [0.717, 1.165) is 56.2 Å². The minimum Gasteiger partial charge on any atom is -0.371 e. The van der Waals surface area contributed by atoms with Crippen molar-refractivity contribution in [2.24, 2.45) is 5.92 Å². The molecule has 0 aromatic heterocycles. The molecule has 0 aliphatic heterocycles. The summed E-state index contributed by atoms with van der Waals surface area (Å²) in [6.45, 7) is 8.15. The molecule has 0 spiro atoms. The van der Waals surface area contributed by atoms with E-state index in [4.69, 9.17) is 0 Å². The summed E-state index contributed by atoms with van der Waals surface area (Å²) in [5.41, 5.74) is 2.09. The third kappa shape index (κ3) is 4.78. The van der Waals surface area contributed by atoms with E-state index in [1.807, 2.05) is 0 Å². The van der Waals surface area contributed by atoms with Gasteiger partial charge >= 0.3 is 0 Å². The Morgan fingerprint density at radius 2 is 2.00 bits per heavy atom. The highest BCUT2D eigenvalue weighted by molar-refractivity contribution is 5.49. The van der Waals surface area contributed by atoms with Crippen molar-refractivity contribution in [2.75, 3.05) is 24.5 Å². The van der Waals surface area contributed by atoms with Gasteiger partial charge in [0.2, 0.25) is 0 Å². The lowest BCUT2D eigenvalue weighted by molar-refractivity contribution is 0.616. The zero-order valence-electron chi connectivity index (χ0n) is 12.8. The molecule has 0 unspecified atom stereocenters. The molecule has 1 saturated carbocycles. The Labute approximate surface area is 122 Å². The third-order valence-electron chi connectivity index (χ3n) is 3.73. The standard InChI is InChI=1S/C17H27FN2/c1-3-7-19-12-15-9-16(18)11-17(10-15)20(8-4-2)13-14-5-6-14/h9-11,14,19H,3-8,12-13H2,1-2H3. The van der Waals surface area contributed by atoms with Crippen molar-refractivity contribution in [3.63, 3.8) is 0 Å². The Hall–Kier alpha value is -1.09. The summed E-state index contributed by atoms with van der Waals surface area (Å²) in [5, 5.41) is 3.34. The molecule has 1 aromatic carbocycles. The van der Waals surface area contributed by atoms with E-state index in [1.165, 1.54) is 12.8 Å². The van der Waals surface area contributed by atoms with Crippen LogP contribution in [0.2, 0.25) is 0 Å². The Bertz CT molecular complexity index is 415. The number of halogens is 1. The molecule has 1 aliphatic rings. The fourth-order valence-corrected chi connectivity index (χ4v) is 2.54. The Morgan fingerprint density at radius 3 is 2.65 bits per heavy atom. The second kappa shape index (κ2) is 7.63. The van der Waals surface area contributed by atoms with Gasteiger partial charge in [0.05, 0.1) is 0 Å². The van der Waals surface area contributed by atoms with Crippen molar-refractivity contribution in [1.82, 2.24) is 5.32 Å². The number of hydrogen-bond acceptors (Lipinski definition) is 2. The molecule has 0 radical (unpaired) electrons. The molecule has 20 heavy (non-hydrogen) atoms. The zero-order valence-corrected chi connectivity index (χ0v) is 12.8. The summed E-state index contributed by atoms with van der Waals surface area (Å²) in [6.07, 6.45) is 4.87. The number of hydrogen-bond donors (Lipinski definition) is 1. The smallest absolute Gasteiger partial charge is 0.125 e. The summed E-state index contributed by atoms with van der Waals surface area (Å²) in [5.74, 6) is 0.708. The molecule has 0 saturated heterocycles. The van der Waals surface area contributed by atoms with E-state index in [-0.39, 0.29) is 5.82 Å². The predicted molar refractivity (Wildman–Crippen MR) is 83.6 cm³/mol. The van der Waals surface area contributed by atoms with Gasteiger partial charge in [0.1, 0.15) is 5.82 Å². The molecule has 1 aliphatic carbocycles. The number of anilines is 1. The maximum Gasteiger partial charge on any atom is 0.125 e. The number of nitrogens with one attached hydrogen (secondary N) is 1. The van der Waals surface area contributed by atoms with Gasteiger partial charge < -0.3 is 10.2 Å². The van der Waals surface area contributed by atoms with Crippen molar-refractivity contribution in [2.45, 2.75) is 46.1 Å². The fourth-order valence-electron chi connectivity index (χ4n) is 2.54. The van der Waals surface area contributed by atoms with E-state index in [9.17, 15) is 4.39 Å². The summed E-state index contributed by atoms with van der Waals surface area (Å²) in [6, 6.07) is 5.47. The van der Waals surface area contributed by atoms with Gasteiger partial charge in [0.15, 0.2) is 0 Å². The SMILES string of the molecule is CCCNCc1cc(F)cc(N(CCC)CC2CC2)c1. The zero-order chi connectivity index (χ0) is 14.4. The van der Waals surface area contributed by atoms with Gasteiger partial charge in [-0.05, 0) is 61.9 Å². The molecule has 0 bridgehead atoms. The van der Waals surface area contributed by atoms with Gasteiger partial charge in [-0.3, -0.25) is 0 Å². The first-order valence-electron chi connectivity index (χ1n) is 7.98. The molecule has 2 nitrogen and oxygen atoms in total. The van der Waals surface area contributed by atoms with Crippen LogP contribution in [0.15, 0.2) is 18.2 Å². The molecule has 0 heterocycles. The Morgan fingerprint density at radius 1 is 1.20 bits per heavy atom. The highest BCUT2D eigenvalue weighted by Crippen LogP contribution is 2.32. The van der Waals surface area contributed by atoms with Crippen LogP contribution in [0.3, 0.4) is 0 Å². The van der Waals surface area contributed by atoms with Crippen LogP contribution < -0.4 is 10.2 Å². The first kappa shape index (κ1) is 15.3. The van der Waals surface area contributed by atoms with Crippen LogP contribution in [0, 0.1) is 11.7 Å². The molecular formula is C17H27FN2. The average molecular weight is 278 g/mol. The summed E-state index contributed by atoms with van der Waals surface area (Å²) in [7, 11) is 0. The van der Waals surface area contributed by atoms with Crippen molar-refractivity contribution in [1.29, 1.82) is 0 Å². The monoisotopic (exact) mass is 278 g/mol. The molecule has 0 amide bonds. The molecule has 112 valence electrons. The molecule has 0 atom stereocenters. The number of rotatable bonds is 9. The lowest BCUT2D eigenvalue weighted by atomic mass is 10.1. The highest BCUT2D eigenvalue weighted by atomic mass is 19.1. The maximum atomic E-state index is 13.8. The molecule has 2 rings (SSSR count). The topological polar surface area (TPSA) is 15.3 Å². The molecular weight excluding hydrogens is 251 g/mol. The summed E-state index contributed by atoms with van der Waals surface area (Å²) >= 11 is 0. The predicted octanol–water partition coefficient (Wildman–Crippen LogP) is 3.95. The molecule has 1 N–H and O–H groups in total. The number of benzene rings is 1. The van der Waals surface area contributed by atoms with E-state index in [2.05, 4.69) is 30.1 Å².